The summed E-state index contributed by atoms with van der Waals surface area (Å²) >= 11 is 1.10. The summed E-state index contributed by atoms with van der Waals surface area (Å²) in [6.07, 6.45) is -3.35. The van der Waals surface area contributed by atoms with E-state index in [0.717, 1.165) is 16.7 Å². The quantitative estimate of drug-likeness (QED) is 0.142. The molecule has 1 fully saturated rings. The van der Waals surface area contributed by atoms with E-state index >= 15 is 0 Å². The minimum Gasteiger partial charge on any atom is -0.391 e. The number of amides is 7. The summed E-state index contributed by atoms with van der Waals surface area (Å²) in [5, 5.41) is 48.6. The summed E-state index contributed by atoms with van der Waals surface area (Å²) < 4.78 is 0. The zero-order chi connectivity index (χ0) is 40.4. The van der Waals surface area contributed by atoms with E-state index in [0.29, 0.717) is 21.5 Å². The number of hydrogen-bond donors (Lipinski definition) is 11. The predicted octanol–water partition coefficient (Wildman–Crippen LogP) is -3.78. The van der Waals surface area contributed by atoms with E-state index in [2.05, 4.69) is 36.9 Å². The van der Waals surface area contributed by atoms with Crippen molar-refractivity contribution in [3.05, 3.63) is 29.8 Å². The third kappa shape index (κ3) is 9.55. The molecule has 0 radical (unpaired) electrons. The number of para-hydroxylation sites is 1. The van der Waals surface area contributed by atoms with Gasteiger partial charge in [0.2, 0.25) is 41.4 Å². The molecule has 1 saturated heterocycles. The average molecular weight is 788 g/mol. The van der Waals surface area contributed by atoms with Crippen molar-refractivity contribution in [1.82, 2.24) is 41.8 Å². The molecular weight excluding hydrogens is 739 g/mol. The Morgan fingerprint density at radius 2 is 1.51 bits per heavy atom. The molecule has 0 aliphatic carbocycles. The molecule has 2 bridgehead atoms. The number of fused-ring (bicyclic) bond motifs is 5. The van der Waals surface area contributed by atoms with Gasteiger partial charge in [-0.15, -0.1) is 11.8 Å². The lowest BCUT2D eigenvalue weighted by Crippen LogP contribution is -2.62. The van der Waals surface area contributed by atoms with E-state index in [1.54, 1.807) is 24.3 Å². The number of H-pyrrole nitrogens is 1. The van der Waals surface area contributed by atoms with Gasteiger partial charge in [0, 0.05) is 49.0 Å². The molecule has 20 heteroatoms. The van der Waals surface area contributed by atoms with Crippen LogP contribution in [0.3, 0.4) is 0 Å². The number of thioether (sulfide) groups is 1. The molecular formula is C35H49N9O10S. The molecule has 4 heterocycles. The standard InChI is InChI=1S/C35H49N9O10S/c1-15-27(47)39-22-10-20-19-7-5-6-8-21(19)42-33(20)55-13-24(34(53)44-12-18(46)9-25(44)31(51)38-15)41-32(52)26(17(3)45)43-28(48)16(2)37-30(50)23(40-29(22)49)11-35(4,54)14-36/h5-8,15-18,22-26,42,45-46,54H,9-14,36H2,1-4H3,(H,37,50)(H,38,51)(H,39,47)(H,40,49)(H,41,52)(H,43,48)/t15-,16+,17-,18+,22-,23+,24+,25-,26+,35-/m0/s1. The highest BCUT2D eigenvalue weighted by molar-refractivity contribution is 7.99. The number of benzene rings is 1. The third-order valence-corrected chi connectivity index (χ3v) is 11.1. The highest BCUT2D eigenvalue weighted by Crippen LogP contribution is 2.32. The Labute approximate surface area is 320 Å². The highest BCUT2D eigenvalue weighted by Gasteiger charge is 2.44. The van der Waals surface area contributed by atoms with Crippen molar-refractivity contribution in [2.24, 2.45) is 5.73 Å². The Morgan fingerprint density at radius 1 is 0.873 bits per heavy atom. The summed E-state index contributed by atoms with van der Waals surface area (Å²) in [6.45, 7) is 4.70. The molecule has 7 amide bonds. The predicted molar refractivity (Wildman–Crippen MR) is 198 cm³/mol. The van der Waals surface area contributed by atoms with Crippen molar-refractivity contribution >= 4 is 64.0 Å². The zero-order valence-electron chi connectivity index (χ0n) is 30.9. The molecule has 0 unspecified atom stereocenters. The first-order chi connectivity index (χ1) is 25.9. The Hall–Kier alpha value is -4.76. The van der Waals surface area contributed by atoms with Crippen LogP contribution >= 0.6 is 11.8 Å². The number of nitrogens with one attached hydrogen (secondary N) is 7. The van der Waals surface area contributed by atoms with Gasteiger partial charge >= 0.3 is 0 Å². The summed E-state index contributed by atoms with van der Waals surface area (Å²) in [5.41, 5.74) is 5.27. The molecule has 300 valence electrons. The molecule has 12 N–H and O–H groups in total. The van der Waals surface area contributed by atoms with Gasteiger partial charge in [0.05, 0.1) is 22.8 Å². The molecule has 19 nitrogen and oxygen atoms in total. The first kappa shape index (κ1) is 41.4. The van der Waals surface area contributed by atoms with Gasteiger partial charge in [-0.25, -0.2) is 0 Å². The Bertz CT molecular complexity index is 1840. The maximum Gasteiger partial charge on any atom is 0.246 e. The van der Waals surface area contributed by atoms with Gasteiger partial charge in [-0.3, -0.25) is 33.6 Å². The topological polar surface area (TPSA) is 297 Å². The molecule has 0 saturated carbocycles. The van der Waals surface area contributed by atoms with Gasteiger partial charge < -0.3 is 62.8 Å². The number of aromatic amines is 1. The van der Waals surface area contributed by atoms with E-state index in [1.165, 1.54) is 27.7 Å². The molecule has 1 aromatic carbocycles. The Kier molecular flexibility index (Phi) is 12.8. The van der Waals surface area contributed by atoms with E-state index in [-0.39, 0.29) is 31.7 Å². The van der Waals surface area contributed by atoms with Crippen molar-refractivity contribution in [3.8, 4) is 0 Å². The zero-order valence-corrected chi connectivity index (χ0v) is 31.7. The van der Waals surface area contributed by atoms with Crippen LogP contribution in [0.15, 0.2) is 29.3 Å². The number of carbonyl (C=O) groups excluding carboxylic acids is 7. The van der Waals surface area contributed by atoms with Crippen LogP contribution in [-0.2, 0) is 40.0 Å². The summed E-state index contributed by atoms with van der Waals surface area (Å²) in [5.74, 6) is -6.07. The number of hydrogen-bond acceptors (Lipinski definition) is 12. The maximum atomic E-state index is 14.3. The van der Waals surface area contributed by atoms with Crippen LogP contribution in [0.1, 0.15) is 46.1 Å². The summed E-state index contributed by atoms with van der Waals surface area (Å²) in [6, 6.07) is -2.62. The van der Waals surface area contributed by atoms with Crippen LogP contribution in [0.25, 0.3) is 10.9 Å². The van der Waals surface area contributed by atoms with Gasteiger partial charge in [0.15, 0.2) is 0 Å². The fourth-order valence-corrected chi connectivity index (χ4v) is 7.87. The molecule has 3 aliphatic heterocycles. The number of nitrogens with zero attached hydrogens (tertiary/aromatic N) is 1. The second-order valence-corrected chi connectivity index (χ2v) is 15.7. The smallest absolute Gasteiger partial charge is 0.246 e. The Balaban J connectivity index is 1.69. The van der Waals surface area contributed by atoms with Crippen molar-refractivity contribution < 1.29 is 48.9 Å². The Morgan fingerprint density at radius 3 is 2.18 bits per heavy atom. The van der Waals surface area contributed by atoms with Crippen molar-refractivity contribution in [1.29, 1.82) is 0 Å². The number of aliphatic hydroxyl groups is 3. The molecule has 3 aliphatic rings. The molecule has 1 aromatic heterocycles. The number of aromatic nitrogens is 1. The van der Waals surface area contributed by atoms with Gasteiger partial charge in [0.25, 0.3) is 0 Å². The first-order valence-corrected chi connectivity index (χ1v) is 19.0. The molecule has 55 heavy (non-hydrogen) atoms. The van der Waals surface area contributed by atoms with Gasteiger partial charge in [-0.2, -0.15) is 0 Å². The average Bonchev–Trinajstić information content (AvgIpc) is 3.69. The van der Waals surface area contributed by atoms with E-state index in [9.17, 15) is 48.9 Å². The van der Waals surface area contributed by atoms with Crippen LogP contribution in [0, 0.1) is 0 Å². The fourth-order valence-electron chi connectivity index (χ4n) is 6.76. The fraction of sp³-hybridized carbons (Fsp3) is 0.571. The highest BCUT2D eigenvalue weighted by atomic mass is 32.2. The molecule has 2 aromatic rings. The number of aliphatic hydroxyl groups excluding tert-OH is 2. The van der Waals surface area contributed by atoms with Crippen molar-refractivity contribution in [2.75, 3.05) is 18.8 Å². The lowest BCUT2D eigenvalue weighted by Gasteiger charge is -2.31. The van der Waals surface area contributed by atoms with Crippen LogP contribution in [0.4, 0.5) is 0 Å². The normalized spacial score (nSPS) is 30.8. The monoisotopic (exact) mass is 787 g/mol. The minimum atomic E-state index is -1.67. The van der Waals surface area contributed by atoms with Crippen LogP contribution < -0.4 is 37.6 Å². The lowest BCUT2D eigenvalue weighted by molar-refractivity contribution is -0.142. The van der Waals surface area contributed by atoms with Crippen LogP contribution in [-0.4, -0.2) is 145 Å². The van der Waals surface area contributed by atoms with E-state index in [4.69, 9.17) is 5.73 Å². The SMILES string of the molecule is C[C@@H]1NC(=O)[C@@H]2C[C@@H](O)CN2C(=O)[C@H]2CSc3[nH]c4ccccc4c3C[C@H](NC1=O)C(=O)N[C@H](C[C@](C)(O)CN)C(=O)N[C@H](C)C(=O)N[C@H]([C@H](C)O)C(=O)N2. The molecule has 5 rings (SSSR count). The van der Waals surface area contributed by atoms with E-state index in [1.807, 2.05) is 0 Å². The number of carbonyl (C=O) groups is 7. The third-order valence-electron chi connectivity index (χ3n) is 9.97. The van der Waals surface area contributed by atoms with Crippen LogP contribution in [0.2, 0.25) is 0 Å². The van der Waals surface area contributed by atoms with Crippen molar-refractivity contribution in [3.63, 3.8) is 0 Å². The maximum absolute atomic E-state index is 14.3. The summed E-state index contributed by atoms with van der Waals surface area (Å²) in [4.78, 5) is 101. The summed E-state index contributed by atoms with van der Waals surface area (Å²) in [7, 11) is 0. The van der Waals surface area contributed by atoms with Gasteiger partial charge in [-0.1, -0.05) is 18.2 Å². The largest absolute Gasteiger partial charge is 0.391 e. The van der Waals surface area contributed by atoms with E-state index < -0.39 is 108 Å². The lowest BCUT2D eigenvalue weighted by atomic mass is 9.95. The van der Waals surface area contributed by atoms with Crippen LogP contribution in [0.5, 0.6) is 0 Å². The second kappa shape index (κ2) is 16.9. The molecule has 0 spiro atoms. The first-order valence-electron chi connectivity index (χ1n) is 18.0. The van der Waals surface area contributed by atoms with Gasteiger partial charge in [0.1, 0.15) is 42.3 Å². The minimum absolute atomic E-state index is 0.159. The number of rotatable bonds is 4. The number of nitrogens with two attached hydrogens (primary N) is 1. The molecule has 10 atom stereocenters. The van der Waals surface area contributed by atoms with Gasteiger partial charge in [-0.05, 0) is 39.3 Å². The van der Waals surface area contributed by atoms with Crippen molar-refractivity contribution in [2.45, 2.75) is 112 Å². The second-order valence-electron chi connectivity index (χ2n) is 14.7.